The summed E-state index contributed by atoms with van der Waals surface area (Å²) in [6, 6.07) is 8.01. The number of carbonyl (C=O) groups is 2. The molecule has 0 spiro atoms. The number of hydrogen-bond acceptors (Lipinski definition) is 4. The second kappa shape index (κ2) is 7.53. The summed E-state index contributed by atoms with van der Waals surface area (Å²) in [6.45, 7) is 0.241. The molecule has 22 heavy (non-hydrogen) atoms. The van der Waals surface area contributed by atoms with Crippen molar-refractivity contribution in [1.29, 1.82) is 0 Å². The standard InChI is InChI=1S/C15H15ClN4O2/c16-11-1-2-12(13(9-11)19-14(21)3-6-17)20-15(22)10-4-7-18-8-5-10/h1-2,4-5,7-9H,3,6,17H2,(H,19,21)(H,20,22). The number of halogens is 1. The molecule has 2 amide bonds. The minimum Gasteiger partial charge on any atom is -0.330 e. The molecule has 2 aromatic rings. The molecule has 0 radical (unpaired) electrons. The van der Waals surface area contributed by atoms with Crippen LogP contribution in [0, 0.1) is 0 Å². The first-order chi connectivity index (χ1) is 10.6. The molecule has 1 aromatic carbocycles. The zero-order chi connectivity index (χ0) is 15.9. The number of anilines is 2. The van der Waals surface area contributed by atoms with Gasteiger partial charge in [-0.05, 0) is 30.3 Å². The highest BCUT2D eigenvalue weighted by Crippen LogP contribution is 2.26. The number of carbonyl (C=O) groups excluding carboxylic acids is 2. The average molecular weight is 319 g/mol. The Morgan fingerprint density at radius 3 is 2.50 bits per heavy atom. The van der Waals surface area contributed by atoms with Gasteiger partial charge in [-0.2, -0.15) is 0 Å². The highest BCUT2D eigenvalue weighted by molar-refractivity contribution is 6.31. The van der Waals surface area contributed by atoms with Gasteiger partial charge in [0.15, 0.2) is 0 Å². The van der Waals surface area contributed by atoms with Crippen LogP contribution in [0.3, 0.4) is 0 Å². The highest BCUT2D eigenvalue weighted by atomic mass is 35.5. The van der Waals surface area contributed by atoms with Gasteiger partial charge in [0.25, 0.3) is 5.91 Å². The van der Waals surface area contributed by atoms with Gasteiger partial charge in [0.2, 0.25) is 5.91 Å². The van der Waals surface area contributed by atoms with Gasteiger partial charge in [0.1, 0.15) is 0 Å². The number of nitrogens with zero attached hydrogens (tertiary/aromatic N) is 1. The topological polar surface area (TPSA) is 97.1 Å². The summed E-state index contributed by atoms with van der Waals surface area (Å²) < 4.78 is 0. The van der Waals surface area contributed by atoms with Gasteiger partial charge in [-0.3, -0.25) is 14.6 Å². The lowest BCUT2D eigenvalue weighted by atomic mass is 10.2. The third-order valence-electron chi connectivity index (χ3n) is 2.82. The SMILES string of the molecule is NCCC(=O)Nc1cc(Cl)ccc1NC(=O)c1ccncc1. The summed E-state index contributed by atoms with van der Waals surface area (Å²) >= 11 is 5.93. The molecule has 0 bridgehead atoms. The maximum Gasteiger partial charge on any atom is 0.255 e. The molecule has 0 aliphatic heterocycles. The molecule has 0 unspecified atom stereocenters. The molecule has 0 saturated heterocycles. The lowest BCUT2D eigenvalue weighted by Crippen LogP contribution is -2.18. The van der Waals surface area contributed by atoms with Crippen molar-refractivity contribution >= 4 is 34.8 Å². The smallest absolute Gasteiger partial charge is 0.255 e. The van der Waals surface area contributed by atoms with Crippen LogP contribution in [-0.2, 0) is 4.79 Å². The quantitative estimate of drug-likeness (QED) is 0.787. The molecule has 0 fully saturated rings. The monoisotopic (exact) mass is 318 g/mol. The minimum absolute atomic E-state index is 0.185. The first-order valence-electron chi connectivity index (χ1n) is 6.61. The van der Waals surface area contributed by atoms with Crippen LogP contribution in [0.15, 0.2) is 42.7 Å². The third kappa shape index (κ3) is 4.28. The first kappa shape index (κ1) is 15.9. The molecule has 1 heterocycles. The Balaban J connectivity index is 2.19. The molecule has 0 aliphatic carbocycles. The van der Waals surface area contributed by atoms with Gasteiger partial charge in [0, 0.05) is 35.9 Å². The summed E-state index contributed by atoms with van der Waals surface area (Å²) in [5.41, 5.74) is 6.69. The van der Waals surface area contributed by atoms with E-state index in [0.717, 1.165) is 0 Å². The number of pyridine rings is 1. The average Bonchev–Trinajstić information content (AvgIpc) is 2.51. The number of nitrogens with two attached hydrogens (primary N) is 1. The summed E-state index contributed by atoms with van der Waals surface area (Å²) in [5.74, 6) is -0.553. The number of rotatable bonds is 5. The summed E-state index contributed by atoms with van der Waals surface area (Å²) in [4.78, 5) is 27.7. The van der Waals surface area contributed by atoms with Gasteiger partial charge < -0.3 is 16.4 Å². The van der Waals surface area contributed by atoms with E-state index in [1.807, 2.05) is 0 Å². The van der Waals surface area contributed by atoms with E-state index in [2.05, 4.69) is 15.6 Å². The van der Waals surface area contributed by atoms with E-state index in [4.69, 9.17) is 17.3 Å². The van der Waals surface area contributed by atoms with Crippen LogP contribution in [0.5, 0.6) is 0 Å². The normalized spacial score (nSPS) is 10.1. The Bertz CT molecular complexity index is 676. The van der Waals surface area contributed by atoms with E-state index < -0.39 is 0 Å². The first-order valence-corrected chi connectivity index (χ1v) is 6.99. The fraction of sp³-hybridized carbons (Fsp3) is 0.133. The van der Waals surface area contributed by atoms with Crippen molar-refractivity contribution in [3.8, 4) is 0 Å². The maximum atomic E-state index is 12.2. The zero-order valence-corrected chi connectivity index (χ0v) is 12.4. The summed E-state index contributed by atoms with van der Waals surface area (Å²) in [6.07, 6.45) is 3.24. The van der Waals surface area contributed by atoms with Gasteiger partial charge in [-0.15, -0.1) is 0 Å². The Kier molecular flexibility index (Phi) is 5.46. The fourth-order valence-electron chi connectivity index (χ4n) is 1.77. The molecule has 7 heteroatoms. The molecule has 0 atom stereocenters. The van der Waals surface area contributed by atoms with Crippen LogP contribution >= 0.6 is 11.6 Å². The fourth-order valence-corrected chi connectivity index (χ4v) is 1.94. The highest BCUT2D eigenvalue weighted by Gasteiger charge is 2.11. The predicted octanol–water partition coefficient (Wildman–Crippen LogP) is 2.27. The van der Waals surface area contributed by atoms with Crippen LogP contribution in [-0.4, -0.2) is 23.3 Å². The Morgan fingerprint density at radius 1 is 1.09 bits per heavy atom. The van der Waals surface area contributed by atoms with Crippen LogP contribution in [0.2, 0.25) is 5.02 Å². The molecule has 114 valence electrons. The number of amides is 2. The van der Waals surface area contributed by atoms with Crippen molar-refractivity contribution in [2.75, 3.05) is 17.2 Å². The number of benzene rings is 1. The molecular formula is C15H15ClN4O2. The van der Waals surface area contributed by atoms with Crippen molar-refractivity contribution in [3.63, 3.8) is 0 Å². The third-order valence-corrected chi connectivity index (χ3v) is 3.05. The lowest BCUT2D eigenvalue weighted by Gasteiger charge is -2.12. The van der Waals surface area contributed by atoms with Crippen molar-refractivity contribution in [3.05, 3.63) is 53.3 Å². The molecular weight excluding hydrogens is 304 g/mol. The van der Waals surface area contributed by atoms with Crippen molar-refractivity contribution in [1.82, 2.24) is 4.98 Å². The second-order valence-corrected chi connectivity index (χ2v) is 4.90. The van der Waals surface area contributed by atoms with Crippen molar-refractivity contribution in [2.24, 2.45) is 5.73 Å². The lowest BCUT2D eigenvalue weighted by molar-refractivity contribution is -0.116. The van der Waals surface area contributed by atoms with Crippen LogP contribution in [0.4, 0.5) is 11.4 Å². The maximum absolute atomic E-state index is 12.2. The molecule has 4 N–H and O–H groups in total. The van der Waals surface area contributed by atoms with Crippen LogP contribution in [0.25, 0.3) is 0 Å². The predicted molar refractivity (Wildman–Crippen MR) is 85.9 cm³/mol. The zero-order valence-electron chi connectivity index (χ0n) is 11.7. The molecule has 0 aliphatic rings. The van der Waals surface area contributed by atoms with Gasteiger partial charge >= 0.3 is 0 Å². The Morgan fingerprint density at radius 2 is 1.82 bits per heavy atom. The molecule has 2 rings (SSSR count). The van der Waals surface area contributed by atoms with E-state index in [1.54, 1.807) is 30.3 Å². The molecule has 0 saturated carbocycles. The largest absolute Gasteiger partial charge is 0.330 e. The van der Waals surface area contributed by atoms with Crippen LogP contribution < -0.4 is 16.4 Å². The number of hydrogen-bond donors (Lipinski definition) is 3. The number of aromatic nitrogens is 1. The molecule has 1 aromatic heterocycles. The van der Waals surface area contributed by atoms with Gasteiger partial charge in [-0.1, -0.05) is 11.6 Å². The van der Waals surface area contributed by atoms with E-state index in [1.165, 1.54) is 12.4 Å². The Hall–Kier alpha value is -2.44. The van der Waals surface area contributed by atoms with Gasteiger partial charge in [0.05, 0.1) is 11.4 Å². The summed E-state index contributed by atoms with van der Waals surface area (Å²) in [7, 11) is 0. The van der Waals surface area contributed by atoms with Crippen molar-refractivity contribution in [2.45, 2.75) is 6.42 Å². The van der Waals surface area contributed by atoms with Crippen molar-refractivity contribution < 1.29 is 9.59 Å². The van der Waals surface area contributed by atoms with E-state index in [0.29, 0.717) is 22.0 Å². The van der Waals surface area contributed by atoms with E-state index in [9.17, 15) is 9.59 Å². The van der Waals surface area contributed by atoms with Crippen LogP contribution in [0.1, 0.15) is 16.8 Å². The van der Waals surface area contributed by atoms with Gasteiger partial charge in [-0.25, -0.2) is 0 Å². The summed E-state index contributed by atoms with van der Waals surface area (Å²) in [5, 5.41) is 5.86. The molecule has 6 nitrogen and oxygen atoms in total. The number of nitrogens with one attached hydrogen (secondary N) is 2. The van der Waals surface area contributed by atoms with E-state index >= 15 is 0 Å². The second-order valence-electron chi connectivity index (χ2n) is 4.47. The Labute approximate surface area is 132 Å². The minimum atomic E-state index is -0.306. The van der Waals surface area contributed by atoms with E-state index in [-0.39, 0.29) is 24.8 Å².